The van der Waals surface area contributed by atoms with Crippen molar-refractivity contribution in [1.82, 2.24) is 5.32 Å². The molecule has 0 spiro atoms. The number of alkyl halides is 2. The lowest BCUT2D eigenvalue weighted by Crippen LogP contribution is -2.31. The van der Waals surface area contributed by atoms with E-state index in [1.54, 1.807) is 19.1 Å². The molecule has 1 aromatic heterocycles. The largest absolute Gasteiger partial charge is 0.464 e. The third-order valence-corrected chi connectivity index (χ3v) is 4.06. The Kier molecular flexibility index (Phi) is 6.56. The zero-order chi connectivity index (χ0) is 16.8. The Hall–Kier alpha value is -1.44. The molecule has 0 aliphatic carbocycles. The number of hydrogen-bond donors (Lipinski definition) is 2. The quantitative estimate of drug-likeness (QED) is 0.757. The summed E-state index contributed by atoms with van der Waals surface area (Å²) in [5.41, 5.74) is 0.611. The number of nitrogens with one attached hydrogen (secondary N) is 1. The molecule has 2 N–H and O–H groups in total. The first-order valence-corrected chi connectivity index (χ1v) is 8.15. The van der Waals surface area contributed by atoms with Gasteiger partial charge in [-0.05, 0) is 36.8 Å². The van der Waals surface area contributed by atoms with E-state index in [0.717, 1.165) is 0 Å². The smallest absolute Gasteiger partial charge is 0.284 e. The van der Waals surface area contributed by atoms with E-state index in [-0.39, 0.29) is 17.6 Å². The number of rotatable bonds is 8. The SMILES string of the molecule is CC(NCc1ccc(CSC(F)F)o1)C(O)c1ccc(F)cc1. The lowest BCUT2D eigenvalue weighted by Gasteiger charge is -2.20. The third-order valence-electron chi connectivity index (χ3n) is 3.35. The summed E-state index contributed by atoms with van der Waals surface area (Å²) in [6.07, 6.45) is -0.792. The minimum Gasteiger partial charge on any atom is -0.464 e. The maximum atomic E-state index is 12.9. The zero-order valence-corrected chi connectivity index (χ0v) is 13.3. The van der Waals surface area contributed by atoms with E-state index in [1.165, 1.54) is 24.3 Å². The molecule has 0 saturated heterocycles. The third kappa shape index (κ3) is 5.60. The van der Waals surface area contributed by atoms with E-state index >= 15 is 0 Å². The molecule has 3 nitrogen and oxygen atoms in total. The van der Waals surface area contributed by atoms with Gasteiger partial charge in [-0.15, -0.1) is 0 Å². The van der Waals surface area contributed by atoms with Crippen molar-refractivity contribution in [1.29, 1.82) is 0 Å². The Labute approximate surface area is 136 Å². The van der Waals surface area contributed by atoms with Crippen LogP contribution in [0.15, 0.2) is 40.8 Å². The molecule has 0 bridgehead atoms. The molecule has 0 aliphatic rings. The van der Waals surface area contributed by atoms with E-state index in [9.17, 15) is 18.3 Å². The Morgan fingerprint density at radius 1 is 1.13 bits per heavy atom. The monoisotopic (exact) mass is 345 g/mol. The van der Waals surface area contributed by atoms with Crippen molar-refractivity contribution in [3.8, 4) is 0 Å². The molecule has 1 heterocycles. The first-order chi connectivity index (χ1) is 11.0. The lowest BCUT2D eigenvalue weighted by molar-refractivity contribution is 0.134. The molecule has 0 amide bonds. The second-order valence-corrected chi connectivity index (χ2v) is 6.08. The number of benzene rings is 1. The fraction of sp³-hybridized carbons (Fsp3) is 0.375. The van der Waals surface area contributed by atoms with Crippen LogP contribution in [0.5, 0.6) is 0 Å². The van der Waals surface area contributed by atoms with Crippen molar-refractivity contribution in [2.75, 3.05) is 0 Å². The van der Waals surface area contributed by atoms with Crippen molar-refractivity contribution in [3.63, 3.8) is 0 Å². The van der Waals surface area contributed by atoms with Crippen LogP contribution in [0, 0.1) is 5.82 Å². The second kappa shape index (κ2) is 8.42. The molecule has 0 radical (unpaired) electrons. The Morgan fingerprint density at radius 2 is 1.78 bits per heavy atom. The highest BCUT2D eigenvalue weighted by Gasteiger charge is 2.16. The van der Waals surface area contributed by atoms with Crippen LogP contribution in [0.4, 0.5) is 13.2 Å². The summed E-state index contributed by atoms with van der Waals surface area (Å²) >= 11 is 0.507. The normalized spacial score (nSPS) is 14.2. The summed E-state index contributed by atoms with van der Waals surface area (Å²) in [4.78, 5) is 0. The van der Waals surface area contributed by atoms with Crippen molar-refractivity contribution in [2.24, 2.45) is 0 Å². The molecule has 2 rings (SSSR count). The Balaban J connectivity index is 1.84. The van der Waals surface area contributed by atoms with Crippen LogP contribution < -0.4 is 5.32 Å². The summed E-state index contributed by atoms with van der Waals surface area (Å²) in [5, 5.41) is 13.3. The van der Waals surface area contributed by atoms with E-state index in [2.05, 4.69) is 5.32 Å². The van der Waals surface area contributed by atoms with Crippen LogP contribution in [-0.4, -0.2) is 16.9 Å². The predicted molar refractivity (Wildman–Crippen MR) is 83.7 cm³/mol. The highest BCUT2D eigenvalue weighted by molar-refractivity contribution is 7.98. The van der Waals surface area contributed by atoms with Gasteiger partial charge in [-0.3, -0.25) is 0 Å². The van der Waals surface area contributed by atoms with Crippen molar-refractivity contribution >= 4 is 11.8 Å². The highest BCUT2D eigenvalue weighted by atomic mass is 32.2. The fourth-order valence-electron chi connectivity index (χ4n) is 2.06. The molecule has 126 valence electrons. The zero-order valence-electron chi connectivity index (χ0n) is 12.5. The van der Waals surface area contributed by atoms with Crippen LogP contribution >= 0.6 is 11.8 Å². The van der Waals surface area contributed by atoms with Gasteiger partial charge in [-0.1, -0.05) is 23.9 Å². The van der Waals surface area contributed by atoms with Gasteiger partial charge in [0.1, 0.15) is 17.3 Å². The van der Waals surface area contributed by atoms with Gasteiger partial charge in [0.25, 0.3) is 5.76 Å². The molecule has 1 aromatic carbocycles. The summed E-state index contributed by atoms with van der Waals surface area (Å²) in [7, 11) is 0. The van der Waals surface area contributed by atoms with Gasteiger partial charge in [0, 0.05) is 6.04 Å². The molecular weight excluding hydrogens is 327 g/mol. The summed E-state index contributed by atoms with van der Waals surface area (Å²) < 4.78 is 42.5. The maximum absolute atomic E-state index is 12.9. The van der Waals surface area contributed by atoms with Crippen molar-refractivity contribution in [3.05, 3.63) is 59.3 Å². The van der Waals surface area contributed by atoms with Crippen LogP contribution in [0.1, 0.15) is 30.1 Å². The molecule has 2 unspecified atom stereocenters. The van der Waals surface area contributed by atoms with Crippen LogP contribution in [0.2, 0.25) is 0 Å². The minimum atomic E-state index is -2.42. The minimum absolute atomic E-state index is 0.116. The first-order valence-electron chi connectivity index (χ1n) is 7.10. The van der Waals surface area contributed by atoms with Crippen LogP contribution in [-0.2, 0) is 12.3 Å². The van der Waals surface area contributed by atoms with Gasteiger partial charge in [0.2, 0.25) is 0 Å². The first kappa shape index (κ1) is 17.9. The van der Waals surface area contributed by atoms with Gasteiger partial charge in [0.15, 0.2) is 0 Å². The second-order valence-electron chi connectivity index (χ2n) is 5.11. The fourth-order valence-corrected chi connectivity index (χ4v) is 2.51. The van der Waals surface area contributed by atoms with Gasteiger partial charge in [0.05, 0.1) is 18.4 Å². The maximum Gasteiger partial charge on any atom is 0.284 e. The summed E-state index contributed by atoms with van der Waals surface area (Å²) in [5.74, 6) is -1.57. The van der Waals surface area contributed by atoms with Gasteiger partial charge < -0.3 is 14.8 Å². The van der Waals surface area contributed by atoms with Gasteiger partial charge >= 0.3 is 0 Å². The van der Waals surface area contributed by atoms with Gasteiger partial charge in [-0.2, -0.15) is 8.78 Å². The van der Waals surface area contributed by atoms with Crippen LogP contribution in [0.3, 0.4) is 0 Å². The number of furan rings is 1. The highest BCUT2D eigenvalue weighted by Crippen LogP contribution is 2.22. The molecule has 0 fully saturated rings. The van der Waals surface area contributed by atoms with Gasteiger partial charge in [-0.25, -0.2) is 4.39 Å². The Bertz CT molecular complexity index is 604. The number of aliphatic hydroxyl groups is 1. The molecular formula is C16H18F3NO2S. The molecule has 2 aromatic rings. The molecule has 2 atom stereocenters. The number of aliphatic hydroxyl groups excluding tert-OH is 1. The number of halogens is 3. The van der Waals surface area contributed by atoms with E-state index in [4.69, 9.17) is 4.42 Å². The number of thioether (sulfide) groups is 1. The van der Waals surface area contributed by atoms with E-state index in [0.29, 0.717) is 35.4 Å². The molecule has 0 aliphatic heterocycles. The van der Waals surface area contributed by atoms with Crippen molar-refractivity contribution in [2.45, 2.75) is 37.1 Å². The standard InChI is InChI=1S/C16H18F3NO2S/c1-10(15(21)11-2-4-12(17)5-3-11)20-8-13-6-7-14(22-13)9-23-16(18)19/h2-7,10,15-16,20-21H,8-9H2,1H3. The molecule has 7 heteroatoms. The average Bonchev–Trinajstić information content (AvgIpc) is 2.98. The van der Waals surface area contributed by atoms with Crippen LogP contribution in [0.25, 0.3) is 0 Å². The topological polar surface area (TPSA) is 45.4 Å². The lowest BCUT2D eigenvalue weighted by atomic mass is 10.0. The summed E-state index contributed by atoms with van der Waals surface area (Å²) in [6.45, 7) is 2.16. The predicted octanol–water partition coefficient (Wildman–Crippen LogP) is 4.09. The Morgan fingerprint density at radius 3 is 2.43 bits per heavy atom. The van der Waals surface area contributed by atoms with E-state index in [1.807, 2.05) is 0 Å². The molecule has 0 saturated carbocycles. The van der Waals surface area contributed by atoms with E-state index < -0.39 is 11.9 Å². The summed E-state index contributed by atoms with van der Waals surface area (Å²) in [6, 6.07) is 8.74. The van der Waals surface area contributed by atoms with Crippen molar-refractivity contribution < 1.29 is 22.7 Å². The number of hydrogen-bond acceptors (Lipinski definition) is 4. The molecule has 23 heavy (non-hydrogen) atoms. The average molecular weight is 345 g/mol.